The fourth-order valence-electron chi connectivity index (χ4n) is 3.37. The molecule has 0 amide bonds. The number of hydrogen-bond donors (Lipinski definition) is 0. The van der Waals surface area contributed by atoms with E-state index in [2.05, 4.69) is 0 Å². The van der Waals surface area contributed by atoms with Crippen LogP contribution in [0.5, 0.6) is 11.5 Å². The van der Waals surface area contributed by atoms with Gasteiger partial charge in [0, 0.05) is 0 Å². The summed E-state index contributed by atoms with van der Waals surface area (Å²) >= 11 is 0. The Balaban J connectivity index is 0.00000191. The molecule has 0 radical (unpaired) electrons. The second-order valence-electron chi connectivity index (χ2n) is 7.69. The van der Waals surface area contributed by atoms with E-state index in [0.29, 0.717) is 25.0 Å². The Morgan fingerprint density at radius 2 is 0.825 bits per heavy atom. The molecule has 0 unspecified atom stereocenters. The first-order valence-electron chi connectivity index (χ1n) is 12.8. The molecule has 218 valence electrons. The largest absolute Gasteiger partial charge is 0.422 e. The number of halogens is 6. The fraction of sp³-hybridized carbons (Fsp3) is 0.333. The highest BCUT2D eigenvalue weighted by molar-refractivity contribution is 5.92. The van der Waals surface area contributed by atoms with Gasteiger partial charge in [0.2, 0.25) is 0 Å². The lowest BCUT2D eigenvalue weighted by Crippen LogP contribution is -2.22. The zero-order valence-corrected chi connectivity index (χ0v) is 23.1. The van der Waals surface area contributed by atoms with Gasteiger partial charge >= 0.3 is 24.3 Å². The number of carbonyl (C=O) groups is 2. The quantitative estimate of drug-likeness (QED) is 0.168. The van der Waals surface area contributed by atoms with Gasteiger partial charge in [-0.2, -0.15) is 26.3 Å². The first-order chi connectivity index (χ1) is 18.8. The first kappa shape index (κ1) is 34.2. The molecule has 0 atom stereocenters. The SMILES string of the molecule is CC.CC.CCc1ccc(C(=O)Oc2ccc(OC(=O)c3ccc(CC)cc3)c(C(F)(F)F)c2C(F)(F)F)cc1. The molecule has 0 fully saturated rings. The number of benzene rings is 3. The lowest BCUT2D eigenvalue weighted by Gasteiger charge is -2.21. The summed E-state index contributed by atoms with van der Waals surface area (Å²) in [4.78, 5) is 24.8. The number of hydrogen-bond acceptors (Lipinski definition) is 4. The zero-order chi connectivity index (χ0) is 30.7. The van der Waals surface area contributed by atoms with Crippen molar-refractivity contribution >= 4 is 11.9 Å². The lowest BCUT2D eigenvalue weighted by atomic mass is 10.0. The van der Waals surface area contributed by atoms with Crippen LogP contribution in [0.4, 0.5) is 26.3 Å². The van der Waals surface area contributed by atoms with Crippen LogP contribution < -0.4 is 9.47 Å². The Morgan fingerprint density at radius 3 is 1.05 bits per heavy atom. The molecule has 0 aliphatic rings. The summed E-state index contributed by atoms with van der Waals surface area (Å²) in [5.74, 6) is -5.30. The van der Waals surface area contributed by atoms with Crippen molar-refractivity contribution in [3.8, 4) is 11.5 Å². The van der Waals surface area contributed by atoms with Crippen molar-refractivity contribution in [1.82, 2.24) is 0 Å². The lowest BCUT2D eigenvalue weighted by molar-refractivity contribution is -0.163. The van der Waals surface area contributed by atoms with Crippen molar-refractivity contribution < 1.29 is 45.4 Å². The molecule has 3 rings (SSSR count). The molecule has 3 aromatic carbocycles. The second kappa shape index (κ2) is 15.1. The molecule has 4 nitrogen and oxygen atoms in total. The Labute approximate surface area is 229 Å². The Bertz CT molecular complexity index is 1150. The van der Waals surface area contributed by atoms with Gasteiger partial charge in [0.15, 0.2) is 0 Å². The van der Waals surface area contributed by atoms with Crippen LogP contribution in [0.25, 0.3) is 0 Å². The molecule has 0 aromatic heterocycles. The molecule has 0 aliphatic carbocycles. The van der Waals surface area contributed by atoms with E-state index in [1.54, 1.807) is 0 Å². The molecule has 10 heteroatoms. The van der Waals surface area contributed by atoms with Gasteiger partial charge in [0.25, 0.3) is 0 Å². The molecule has 0 bridgehead atoms. The summed E-state index contributed by atoms with van der Waals surface area (Å²) in [6, 6.07) is 12.3. The van der Waals surface area contributed by atoms with E-state index in [9.17, 15) is 35.9 Å². The van der Waals surface area contributed by atoms with Gasteiger partial charge in [-0.25, -0.2) is 9.59 Å². The minimum atomic E-state index is -5.60. The highest BCUT2D eigenvalue weighted by Gasteiger charge is 2.49. The van der Waals surface area contributed by atoms with Gasteiger partial charge in [-0.1, -0.05) is 65.8 Å². The molecule has 0 N–H and O–H groups in total. The van der Waals surface area contributed by atoms with Crippen molar-refractivity contribution in [2.24, 2.45) is 0 Å². The maximum atomic E-state index is 13.9. The minimum Gasteiger partial charge on any atom is -0.422 e. The molecule has 0 spiro atoms. The number of carbonyl (C=O) groups excluding carboxylic acids is 2. The molecule has 0 saturated carbocycles. The Kier molecular flexibility index (Phi) is 12.9. The average Bonchev–Trinajstić information content (AvgIpc) is 2.94. The van der Waals surface area contributed by atoms with E-state index in [4.69, 9.17) is 9.47 Å². The Morgan fingerprint density at radius 1 is 0.550 bits per heavy atom. The van der Waals surface area contributed by atoms with Gasteiger partial charge in [0.05, 0.1) is 11.1 Å². The van der Waals surface area contributed by atoms with Crippen LogP contribution in [-0.2, 0) is 25.2 Å². The van der Waals surface area contributed by atoms with Crippen LogP contribution in [0.15, 0.2) is 60.7 Å². The monoisotopic (exact) mass is 570 g/mol. The van der Waals surface area contributed by atoms with Crippen LogP contribution >= 0.6 is 0 Å². The van der Waals surface area contributed by atoms with Crippen molar-refractivity contribution in [2.75, 3.05) is 0 Å². The number of esters is 2. The highest BCUT2D eigenvalue weighted by atomic mass is 19.4. The molecule has 0 aliphatic heterocycles. The zero-order valence-electron chi connectivity index (χ0n) is 23.1. The predicted molar refractivity (Wildman–Crippen MR) is 141 cm³/mol. The summed E-state index contributed by atoms with van der Waals surface area (Å²) < 4.78 is 92.8. The second-order valence-corrected chi connectivity index (χ2v) is 7.69. The van der Waals surface area contributed by atoms with E-state index in [-0.39, 0.29) is 11.1 Å². The summed E-state index contributed by atoms with van der Waals surface area (Å²) in [6.45, 7) is 11.7. The fourth-order valence-corrected chi connectivity index (χ4v) is 3.37. The van der Waals surface area contributed by atoms with E-state index >= 15 is 0 Å². The predicted octanol–water partition coefficient (Wildman–Crippen LogP) is 9.34. The number of ether oxygens (including phenoxy) is 2. The highest BCUT2D eigenvalue weighted by Crippen LogP contribution is 2.49. The van der Waals surface area contributed by atoms with Crippen molar-refractivity contribution in [1.29, 1.82) is 0 Å². The summed E-state index contributed by atoms with van der Waals surface area (Å²) in [5.41, 5.74) is -3.20. The average molecular weight is 571 g/mol. The third-order valence-electron chi connectivity index (χ3n) is 5.30. The van der Waals surface area contributed by atoms with Gasteiger partial charge in [-0.15, -0.1) is 0 Å². The van der Waals surface area contributed by atoms with E-state index in [1.165, 1.54) is 48.5 Å². The first-order valence-corrected chi connectivity index (χ1v) is 12.8. The van der Waals surface area contributed by atoms with Crippen molar-refractivity contribution in [3.05, 3.63) is 94.0 Å². The van der Waals surface area contributed by atoms with Crippen molar-refractivity contribution in [2.45, 2.75) is 66.7 Å². The van der Waals surface area contributed by atoms with E-state index in [0.717, 1.165) is 11.1 Å². The molecule has 40 heavy (non-hydrogen) atoms. The topological polar surface area (TPSA) is 52.6 Å². The number of alkyl halides is 6. The van der Waals surface area contributed by atoms with Crippen LogP contribution in [0.1, 0.15) is 84.5 Å². The maximum absolute atomic E-state index is 13.9. The summed E-state index contributed by atoms with van der Waals surface area (Å²) in [5, 5.41) is 0. The Hall–Kier alpha value is -3.82. The number of aryl methyl sites for hydroxylation is 2. The maximum Gasteiger partial charge on any atom is 0.420 e. The van der Waals surface area contributed by atoms with Gasteiger partial charge < -0.3 is 9.47 Å². The molecule has 0 saturated heterocycles. The molecular formula is C30H32F6O4. The van der Waals surface area contributed by atoms with Gasteiger partial charge in [-0.3, -0.25) is 0 Å². The standard InChI is InChI=1S/C26H20F6O4.2C2H6/c1-3-15-5-9-17(10-6-15)23(33)35-19-13-14-20(22(26(30,31)32)21(19)25(27,28)29)36-24(34)18-11-7-16(4-2)8-12-18;2*1-2/h5-14H,3-4H2,1-2H3;2*1-2H3. The van der Waals surface area contributed by atoms with Crippen LogP contribution in [0.2, 0.25) is 0 Å². The minimum absolute atomic E-state index is 0.153. The summed E-state index contributed by atoms with van der Waals surface area (Å²) in [6.07, 6.45) is -9.94. The van der Waals surface area contributed by atoms with Crippen LogP contribution in [0.3, 0.4) is 0 Å². The van der Waals surface area contributed by atoms with Crippen LogP contribution in [-0.4, -0.2) is 11.9 Å². The number of rotatable bonds is 6. The van der Waals surface area contributed by atoms with E-state index < -0.39 is 46.9 Å². The van der Waals surface area contributed by atoms with Gasteiger partial charge in [-0.05, 0) is 60.4 Å². The molecule has 0 heterocycles. The van der Waals surface area contributed by atoms with E-state index in [1.807, 2.05) is 41.5 Å². The summed E-state index contributed by atoms with van der Waals surface area (Å²) in [7, 11) is 0. The van der Waals surface area contributed by atoms with Crippen LogP contribution in [0, 0.1) is 0 Å². The third-order valence-corrected chi connectivity index (χ3v) is 5.30. The van der Waals surface area contributed by atoms with Gasteiger partial charge in [0.1, 0.15) is 22.6 Å². The third kappa shape index (κ3) is 8.86. The smallest absolute Gasteiger partial charge is 0.420 e. The van der Waals surface area contributed by atoms with Crippen molar-refractivity contribution in [3.63, 3.8) is 0 Å². The molecular weight excluding hydrogens is 538 g/mol. The normalized spacial score (nSPS) is 10.9. The molecule has 3 aromatic rings.